The molecule has 0 amide bonds. The second kappa shape index (κ2) is 3.38. The van der Waals surface area contributed by atoms with Crippen LogP contribution in [0.4, 0.5) is 8.78 Å². The monoisotopic (exact) mass is 193 g/mol. The highest BCUT2D eigenvalue weighted by Crippen LogP contribution is 2.34. The Hall–Kier alpha value is -1.43. The summed E-state index contributed by atoms with van der Waals surface area (Å²) in [5, 5.41) is 8.72. The molecule has 1 nitrogen and oxygen atoms in total. The van der Waals surface area contributed by atoms with E-state index in [1.165, 1.54) is 0 Å². The van der Waals surface area contributed by atoms with Gasteiger partial charge in [-0.3, -0.25) is 0 Å². The van der Waals surface area contributed by atoms with Crippen LogP contribution in [0.5, 0.6) is 0 Å². The Kier molecular flexibility index (Phi) is 2.20. The van der Waals surface area contributed by atoms with Gasteiger partial charge in [0.25, 0.3) is 0 Å². The zero-order valence-corrected chi connectivity index (χ0v) is 7.56. The molecule has 0 saturated heterocycles. The Balaban J connectivity index is 2.39. The van der Waals surface area contributed by atoms with E-state index in [1.807, 2.05) is 6.07 Å². The van der Waals surface area contributed by atoms with Crippen molar-refractivity contribution in [3.8, 4) is 6.07 Å². The van der Waals surface area contributed by atoms with Crippen LogP contribution in [-0.4, -0.2) is 0 Å². The van der Waals surface area contributed by atoms with Crippen LogP contribution in [0.1, 0.15) is 24.0 Å². The Morgan fingerprint density at radius 1 is 1.36 bits per heavy atom. The summed E-state index contributed by atoms with van der Waals surface area (Å²) in [5.74, 6) is -0.783. The van der Waals surface area contributed by atoms with Crippen LogP contribution in [0.15, 0.2) is 12.1 Å². The van der Waals surface area contributed by atoms with Crippen LogP contribution >= 0.6 is 0 Å². The molecule has 1 aliphatic rings. The molecule has 2 rings (SSSR count). The Bertz CT molecular complexity index is 402. The third-order valence-corrected chi connectivity index (χ3v) is 2.47. The Morgan fingerprint density at radius 3 is 2.64 bits per heavy atom. The fourth-order valence-corrected chi connectivity index (χ4v) is 1.52. The largest absolute Gasteiger partial charge is 0.207 e. The molecule has 3 heteroatoms. The van der Waals surface area contributed by atoms with Gasteiger partial charge in [-0.05, 0) is 31.2 Å². The van der Waals surface area contributed by atoms with Gasteiger partial charge in [-0.25, -0.2) is 8.78 Å². The molecule has 72 valence electrons. The SMILES string of the molecule is N#Cc1cc(F)cc(F)c1CC1CC1. The molecule has 0 N–H and O–H groups in total. The van der Waals surface area contributed by atoms with Crippen molar-refractivity contribution < 1.29 is 8.78 Å². The van der Waals surface area contributed by atoms with Crippen molar-refractivity contribution in [2.45, 2.75) is 19.3 Å². The molecule has 0 unspecified atom stereocenters. The summed E-state index contributed by atoms with van der Waals surface area (Å²) in [6.45, 7) is 0. The summed E-state index contributed by atoms with van der Waals surface area (Å²) < 4.78 is 26.1. The number of rotatable bonds is 2. The van der Waals surface area contributed by atoms with Gasteiger partial charge in [0, 0.05) is 11.6 Å². The highest BCUT2D eigenvalue weighted by molar-refractivity contribution is 5.39. The van der Waals surface area contributed by atoms with Gasteiger partial charge in [-0.15, -0.1) is 0 Å². The molecular weight excluding hydrogens is 184 g/mol. The zero-order chi connectivity index (χ0) is 10.1. The highest BCUT2D eigenvalue weighted by Gasteiger charge is 2.24. The summed E-state index contributed by atoms with van der Waals surface area (Å²) in [6.07, 6.45) is 2.73. The van der Waals surface area contributed by atoms with Gasteiger partial charge < -0.3 is 0 Å². The first-order valence-corrected chi connectivity index (χ1v) is 4.58. The second-order valence-corrected chi connectivity index (χ2v) is 3.67. The van der Waals surface area contributed by atoms with Crippen LogP contribution in [0.2, 0.25) is 0 Å². The van der Waals surface area contributed by atoms with E-state index < -0.39 is 11.6 Å². The third kappa shape index (κ3) is 1.74. The average molecular weight is 193 g/mol. The first kappa shape index (κ1) is 9.14. The van der Waals surface area contributed by atoms with Crippen LogP contribution < -0.4 is 0 Å². The van der Waals surface area contributed by atoms with Crippen LogP contribution in [0, 0.1) is 28.9 Å². The quantitative estimate of drug-likeness (QED) is 0.708. The first-order chi connectivity index (χ1) is 6.70. The van der Waals surface area contributed by atoms with E-state index in [0.29, 0.717) is 17.9 Å². The van der Waals surface area contributed by atoms with Gasteiger partial charge in [0.2, 0.25) is 0 Å². The molecule has 0 radical (unpaired) electrons. The number of benzene rings is 1. The van der Waals surface area contributed by atoms with Crippen molar-refractivity contribution in [2.24, 2.45) is 5.92 Å². The number of halogens is 2. The molecule has 1 aliphatic carbocycles. The van der Waals surface area contributed by atoms with Crippen LogP contribution in [-0.2, 0) is 6.42 Å². The molecule has 1 aromatic carbocycles. The van der Waals surface area contributed by atoms with E-state index in [-0.39, 0.29) is 5.56 Å². The minimum absolute atomic E-state index is 0.134. The van der Waals surface area contributed by atoms with Gasteiger partial charge in [-0.2, -0.15) is 5.26 Å². The lowest BCUT2D eigenvalue weighted by Gasteiger charge is -2.04. The topological polar surface area (TPSA) is 23.8 Å². The molecule has 1 fully saturated rings. The lowest BCUT2D eigenvalue weighted by atomic mass is 10.0. The molecule has 14 heavy (non-hydrogen) atoms. The van der Waals surface area contributed by atoms with Crippen LogP contribution in [0.3, 0.4) is 0 Å². The van der Waals surface area contributed by atoms with Crippen molar-refractivity contribution in [2.75, 3.05) is 0 Å². The normalized spacial score (nSPS) is 15.2. The van der Waals surface area contributed by atoms with Crippen molar-refractivity contribution in [1.82, 2.24) is 0 Å². The maximum absolute atomic E-state index is 13.3. The van der Waals surface area contributed by atoms with E-state index in [1.54, 1.807) is 0 Å². The average Bonchev–Trinajstić information content (AvgIpc) is 2.93. The van der Waals surface area contributed by atoms with Crippen molar-refractivity contribution >= 4 is 0 Å². The molecule has 0 aliphatic heterocycles. The van der Waals surface area contributed by atoms with E-state index >= 15 is 0 Å². The maximum atomic E-state index is 13.3. The van der Waals surface area contributed by atoms with E-state index in [9.17, 15) is 8.78 Å². The number of nitrogens with zero attached hydrogens (tertiary/aromatic N) is 1. The van der Waals surface area contributed by atoms with Crippen molar-refractivity contribution in [3.05, 3.63) is 34.9 Å². The zero-order valence-electron chi connectivity index (χ0n) is 7.56. The van der Waals surface area contributed by atoms with Crippen molar-refractivity contribution in [1.29, 1.82) is 5.26 Å². The summed E-state index contributed by atoms with van der Waals surface area (Å²) in [5.41, 5.74) is 0.505. The molecule has 0 bridgehead atoms. The van der Waals surface area contributed by atoms with Gasteiger partial charge in [0.05, 0.1) is 11.6 Å². The predicted octanol–water partition coefficient (Wildman–Crippen LogP) is 2.79. The summed E-state index contributed by atoms with van der Waals surface area (Å²) in [4.78, 5) is 0. The first-order valence-electron chi connectivity index (χ1n) is 4.58. The molecule has 1 saturated carbocycles. The third-order valence-electron chi connectivity index (χ3n) is 2.47. The Labute approximate surface area is 81.0 Å². The smallest absolute Gasteiger partial charge is 0.130 e. The van der Waals surface area contributed by atoms with Gasteiger partial charge >= 0.3 is 0 Å². The standard InChI is InChI=1S/C11H9F2N/c12-9-4-8(6-14)10(11(13)5-9)3-7-1-2-7/h4-5,7H,1-3H2. The summed E-state index contributed by atoms with van der Waals surface area (Å²) >= 11 is 0. The van der Waals surface area contributed by atoms with Crippen LogP contribution in [0.25, 0.3) is 0 Å². The van der Waals surface area contributed by atoms with E-state index in [4.69, 9.17) is 5.26 Å². The lowest BCUT2D eigenvalue weighted by molar-refractivity contribution is 0.566. The summed E-state index contributed by atoms with van der Waals surface area (Å²) in [7, 11) is 0. The van der Waals surface area contributed by atoms with Gasteiger partial charge in [0.1, 0.15) is 11.6 Å². The maximum Gasteiger partial charge on any atom is 0.130 e. The minimum atomic E-state index is -0.682. The predicted molar refractivity (Wildman–Crippen MR) is 47.5 cm³/mol. The lowest BCUT2D eigenvalue weighted by Crippen LogP contribution is -1.98. The number of hydrogen-bond acceptors (Lipinski definition) is 1. The second-order valence-electron chi connectivity index (χ2n) is 3.67. The fraction of sp³-hybridized carbons (Fsp3) is 0.364. The molecule has 0 spiro atoms. The molecule has 0 heterocycles. The Morgan fingerprint density at radius 2 is 2.07 bits per heavy atom. The number of hydrogen-bond donors (Lipinski definition) is 0. The molecule has 0 atom stereocenters. The summed E-state index contributed by atoms with van der Waals surface area (Å²) in [6, 6.07) is 3.77. The highest BCUT2D eigenvalue weighted by atomic mass is 19.1. The molecular formula is C11H9F2N. The van der Waals surface area contributed by atoms with Gasteiger partial charge in [0.15, 0.2) is 0 Å². The minimum Gasteiger partial charge on any atom is -0.207 e. The van der Waals surface area contributed by atoms with E-state index in [2.05, 4.69) is 0 Å². The van der Waals surface area contributed by atoms with Gasteiger partial charge in [-0.1, -0.05) is 0 Å². The van der Waals surface area contributed by atoms with E-state index in [0.717, 1.165) is 25.0 Å². The fourth-order valence-electron chi connectivity index (χ4n) is 1.52. The molecule has 0 aromatic heterocycles. The number of nitriles is 1. The molecule has 1 aromatic rings. The van der Waals surface area contributed by atoms with Crippen molar-refractivity contribution in [3.63, 3.8) is 0 Å².